The van der Waals surface area contributed by atoms with Gasteiger partial charge in [-0.05, 0) is 37.6 Å². The Hall–Kier alpha value is -1.92. The summed E-state index contributed by atoms with van der Waals surface area (Å²) in [5.41, 5.74) is 6.25. The highest BCUT2D eigenvalue weighted by Crippen LogP contribution is 2.13. The maximum Gasteiger partial charge on any atom is 0.237 e. The number of rotatable bonds is 6. The van der Waals surface area contributed by atoms with Crippen LogP contribution in [0.5, 0.6) is 0 Å². The summed E-state index contributed by atoms with van der Waals surface area (Å²) in [6.07, 6.45) is 2.40. The lowest BCUT2D eigenvalue weighted by molar-refractivity contribution is -0.124. The molecule has 0 spiro atoms. The first kappa shape index (κ1) is 15.5. The van der Waals surface area contributed by atoms with Crippen molar-refractivity contribution in [2.24, 2.45) is 5.73 Å². The molecular weight excluding hydrogens is 290 g/mol. The molecule has 2 rings (SSSR count). The van der Waals surface area contributed by atoms with E-state index in [0.29, 0.717) is 18.0 Å². The van der Waals surface area contributed by atoms with Gasteiger partial charge in [0.05, 0.1) is 23.1 Å². The van der Waals surface area contributed by atoms with E-state index in [-0.39, 0.29) is 5.91 Å². The Bertz CT molecular complexity index is 625. The van der Waals surface area contributed by atoms with Gasteiger partial charge in [0.25, 0.3) is 0 Å². The fourth-order valence-corrected chi connectivity index (χ4v) is 1.90. The molecule has 0 unspecified atom stereocenters. The van der Waals surface area contributed by atoms with Crippen LogP contribution in [0.25, 0.3) is 5.69 Å². The van der Waals surface area contributed by atoms with Crippen LogP contribution in [0.1, 0.15) is 26.0 Å². The van der Waals surface area contributed by atoms with Crippen LogP contribution in [0.4, 0.5) is 0 Å². The van der Waals surface area contributed by atoms with E-state index >= 15 is 0 Å². The topological polar surface area (TPSA) is 85.8 Å². The summed E-state index contributed by atoms with van der Waals surface area (Å²) in [5.74, 6) is -0.380. The summed E-state index contributed by atoms with van der Waals surface area (Å²) in [6, 6.07) is 7.29. The van der Waals surface area contributed by atoms with Gasteiger partial charge in [-0.3, -0.25) is 10.1 Å². The Morgan fingerprint density at radius 1 is 1.43 bits per heavy atom. The van der Waals surface area contributed by atoms with Crippen molar-refractivity contribution in [1.29, 1.82) is 0 Å². The number of primary amides is 1. The monoisotopic (exact) mass is 307 g/mol. The van der Waals surface area contributed by atoms with Gasteiger partial charge in [0, 0.05) is 11.6 Å². The van der Waals surface area contributed by atoms with Crippen molar-refractivity contribution in [3.8, 4) is 5.69 Å². The van der Waals surface area contributed by atoms with Crippen molar-refractivity contribution in [3.05, 3.63) is 41.2 Å². The van der Waals surface area contributed by atoms with Crippen LogP contribution in [0.3, 0.4) is 0 Å². The van der Waals surface area contributed by atoms with E-state index in [9.17, 15) is 4.79 Å². The van der Waals surface area contributed by atoms with Gasteiger partial charge in [-0.2, -0.15) is 0 Å². The highest BCUT2D eigenvalue weighted by Gasteiger charge is 2.28. The molecule has 1 heterocycles. The molecule has 0 saturated heterocycles. The fraction of sp³-hybridized carbons (Fsp3) is 0.357. The fourth-order valence-electron chi connectivity index (χ4n) is 1.77. The summed E-state index contributed by atoms with van der Waals surface area (Å²) >= 11 is 5.85. The van der Waals surface area contributed by atoms with Gasteiger partial charge >= 0.3 is 0 Å². The van der Waals surface area contributed by atoms with Crippen LogP contribution < -0.4 is 11.1 Å². The molecule has 6 nitrogen and oxygen atoms in total. The van der Waals surface area contributed by atoms with Gasteiger partial charge in [0.1, 0.15) is 0 Å². The minimum Gasteiger partial charge on any atom is -0.368 e. The minimum absolute atomic E-state index is 0.380. The number of aromatic nitrogens is 3. The number of carbonyl (C=O) groups excluding carboxylic acids is 1. The van der Waals surface area contributed by atoms with Crippen LogP contribution in [0.15, 0.2) is 30.5 Å². The number of nitrogens with one attached hydrogen (secondary N) is 1. The molecule has 1 aromatic heterocycles. The molecule has 1 amide bonds. The summed E-state index contributed by atoms with van der Waals surface area (Å²) in [5, 5.41) is 11.9. The Morgan fingerprint density at radius 2 is 2.10 bits per heavy atom. The van der Waals surface area contributed by atoms with Crippen molar-refractivity contribution >= 4 is 17.5 Å². The lowest BCUT2D eigenvalue weighted by Gasteiger charge is -2.25. The summed E-state index contributed by atoms with van der Waals surface area (Å²) in [6.45, 7) is 4.10. The van der Waals surface area contributed by atoms with E-state index in [4.69, 9.17) is 17.3 Å². The van der Waals surface area contributed by atoms with Crippen molar-refractivity contribution in [2.45, 2.75) is 32.4 Å². The summed E-state index contributed by atoms with van der Waals surface area (Å²) in [4.78, 5) is 11.4. The van der Waals surface area contributed by atoms with Crippen molar-refractivity contribution in [3.63, 3.8) is 0 Å². The molecule has 7 heteroatoms. The van der Waals surface area contributed by atoms with Crippen molar-refractivity contribution in [2.75, 3.05) is 0 Å². The minimum atomic E-state index is -0.746. The van der Waals surface area contributed by atoms with E-state index in [1.165, 1.54) is 0 Å². The maximum atomic E-state index is 11.4. The zero-order chi connectivity index (χ0) is 15.5. The highest BCUT2D eigenvalue weighted by molar-refractivity contribution is 6.30. The number of nitrogens with two attached hydrogens (primary N) is 1. The molecule has 0 aliphatic carbocycles. The van der Waals surface area contributed by atoms with Crippen LogP contribution in [-0.4, -0.2) is 26.4 Å². The first-order valence-corrected chi connectivity index (χ1v) is 7.04. The second kappa shape index (κ2) is 6.24. The van der Waals surface area contributed by atoms with Crippen LogP contribution >= 0.6 is 11.6 Å². The largest absolute Gasteiger partial charge is 0.368 e. The number of hydrogen-bond donors (Lipinski definition) is 2. The number of benzene rings is 1. The molecular formula is C14H18ClN5O. The number of hydrogen-bond acceptors (Lipinski definition) is 4. The average molecular weight is 308 g/mol. The Balaban J connectivity index is 2.07. The molecule has 112 valence electrons. The van der Waals surface area contributed by atoms with Crippen molar-refractivity contribution in [1.82, 2.24) is 20.3 Å². The molecule has 0 saturated carbocycles. The second-order valence-electron chi connectivity index (χ2n) is 5.03. The molecule has 1 atom stereocenters. The van der Waals surface area contributed by atoms with Crippen LogP contribution in [0, 0.1) is 0 Å². The van der Waals surface area contributed by atoms with Crippen LogP contribution in [-0.2, 0) is 11.3 Å². The quantitative estimate of drug-likeness (QED) is 0.850. The molecule has 1 aromatic carbocycles. The zero-order valence-corrected chi connectivity index (χ0v) is 12.8. The Labute approximate surface area is 128 Å². The summed E-state index contributed by atoms with van der Waals surface area (Å²) < 4.78 is 1.65. The molecule has 0 fully saturated rings. The Kier molecular flexibility index (Phi) is 4.59. The standard InChI is InChI=1S/C14H18ClN5O/c1-3-14(2,13(16)21)17-8-11-9-20(19-18-11)12-6-4-10(15)5-7-12/h4-7,9,17H,3,8H2,1-2H3,(H2,16,21)/t14-/m0/s1. The normalized spacial score (nSPS) is 13.9. The first-order valence-electron chi connectivity index (χ1n) is 6.67. The molecule has 0 aliphatic heterocycles. The van der Waals surface area contributed by atoms with E-state index < -0.39 is 5.54 Å². The van der Waals surface area contributed by atoms with Crippen LogP contribution in [0.2, 0.25) is 5.02 Å². The van der Waals surface area contributed by atoms with Gasteiger partial charge in [-0.1, -0.05) is 23.7 Å². The van der Waals surface area contributed by atoms with E-state index in [1.54, 1.807) is 29.9 Å². The molecule has 21 heavy (non-hydrogen) atoms. The van der Waals surface area contributed by atoms with Gasteiger partial charge in [0.2, 0.25) is 5.91 Å². The lowest BCUT2D eigenvalue weighted by Crippen LogP contribution is -2.52. The smallest absolute Gasteiger partial charge is 0.237 e. The third kappa shape index (κ3) is 3.59. The van der Waals surface area contributed by atoms with Crippen molar-refractivity contribution < 1.29 is 4.79 Å². The van der Waals surface area contributed by atoms with Gasteiger partial charge in [0.15, 0.2) is 0 Å². The molecule has 0 aliphatic rings. The van der Waals surface area contributed by atoms with Gasteiger partial charge in [-0.15, -0.1) is 5.10 Å². The number of amides is 1. The molecule has 0 bridgehead atoms. The van der Waals surface area contributed by atoms with E-state index in [0.717, 1.165) is 11.4 Å². The van der Waals surface area contributed by atoms with E-state index in [2.05, 4.69) is 15.6 Å². The number of nitrogens with zero attached hydrogens (tertiary/aromatic N) is 3. The number of halogens is 1. The maximum absolute atomic E-state index is 11.4. The second-order valence-corrected chi connectivity index (χ2v) is 5.47. The molecule has 3 N–H and O–H groups in total. The predicted octanol–water partition coefficient (Wildman–Crippen LogP) is 1.66. The molecule has 0 radical (unpaired) electrons. The zero-order valence-electron chi connectivity index (χ0n) is 12.0. The Morgan fingerprint density at radius 3 is 2.67 bits per heavy atom. The van der Waals surface area contributed by atoms with Gasteiger partial charge < -0.3 is 5.73 Å². The first-order chi connectivity index (χ1) is 9.94. The molecule has 2 aromatic rings. The average Bonchev–Trinajstić information content (AvgIpc) is 2.94. The SMILES string of the molecule is CC[C@](C)(NCc1cn(-c2ccc(Cl)cc2)nn1)C(N)=O. The number of carbonyl (C=O) groups is 1. The predicted molar refractivity (Wildman–Crippen MR) is 81.1 cm³/mol. The summed E-state index contributed by atoms with van der Waals surface area (Å²) in [7, 11) is 0. The third-order valence-corrected chi connectivity index (χ3v) is 3.79. The van der Waals surface area contributed by atoms with E-state index in [1.807, 2.05) is 19.1 Å². The lowest BCUT2D eigenvalue weighted by atomic mass is 9.98. The third-order valence-electron chi connectivity index (χ3n) is 3.54. The highest BCUT2D eigenvalue weighted by atomic mass is 35.5. The van der Waals surface area contributed by atoms with Gasteiger partial charge in [-0.25, -0.2) is 4.68 Å².